The number of H-pyrrole nitrogens is 1. The van der Waals surface area contributed by atoms with Crippen LogP contribution in [0.3, 0.4) is 0 Å². The summed E-state index contributed by atoms with van der Waals surface area (Å²) in [5.41, 5.74) is 0.859. The highest BCUT2D eigenvalue weighted by atomic mass is 32.2. The number of carbonyl (C=O) groups is 1. The van der Waals surface area contributed by atoms with Crippen LogP contribution in [0.15, 0.2) is 34.2 Å². The molecule has 0 aliphatic heterocycles. The maximum Gasteiger partial charge on any atom is 0.362 e. The topological polar surface area (TPSA) is 88.0 Å². The SMILES string of the molecule is Cn1[nH]c(=O)nc1SCc1ccc(C(=O)O)cc1. The first-order chi connectivity index (χ1) is 8.56. The van der Waals surface area contributed by atoms with E-state index in [2.05, 4.69) is 10.1 Å². The van der Waals surface area contributed by atoms with Crippen molar-refractivity contribution < 1.29 is 9.90 Å². The van der Waals surface area contributed by atoms with Gasteiger partial charge in [-0.3, -0.25) is 4.68 Å². The van der Waals surface area contributed by atoms with E-state index in [1.54, 1.807) is 36.0 Å². The molecule has 7 heteroatoms. The van der Waals surface area contributed by atoms with Gasteiger partial charge in [0.1, 0.15) is 0 Å². The monoisotopic (exact) mass is 265 g/mol. The lowest BCUT2D eigenvalue weighted by Crippen LogP contribution is -2.03. The van der Waals surface area contributed by atoms with E-state index in [4.69, 9.17) is 5.11 Å². The van der Waals surface area contributed by atoms with E-state index < -0.39 is 5.97 Å². The fourth-order valence-corrected chi connectivity index (χ4v) is 2.27. The van der Waals surface area contributed by atoms with Crippen LogP contribution in [0.4, 0.5) is 0 Å². The molecule has 0 radical (unpaired) electrons. The number of aromatic amines is 1. The standard InChI is InChI=1S/C11H11N3O3S/c1-14-11(12-10(17)13-14)18-6-7-2-4-8(5-3-7)9(15)16/h2-5H,6H2,1H3,(H,13,17)(H,15,16). The van der Waals surface area contributed by atoms with Crippen LogP contribution in [0.1, 0.15) is 15.9 Å². The van der Waals surface area contributed by atoms with Gasteiger partial charge in [0, 0.05) is 12.8 Å². The summed E-state index contributed by atoms with van der Waals surface area (Å²) in [6.07, 6.45) is 0. The third kappa shape index (κ3) is 2.80. The average Bonchev–Trinajstić information content (AvgIpc) is 2.66. The number of nitrogens with one attached hydrogen (secondary N) is 1. The van der Waals surface area contributed by atoms with Crippen molar-refractivity contribution in [2.75, 3.05) is 0 Å². The molecular weight excluding hydrogens is 254 g/mol. The molecule has 0 saturated carbocycles. The number of hydrogen-bond acceptors (Lipinski definition) is 4. The summed E-state index contributed by atoms with van der Waals surface area (Å²) < 4.78 is 1.55. The molecule has 0 fully saturated rings. The van der Waals surface area contributed by atoms with Gasteiger partial charge in [-0.05, 0) is 17.7 Å². The highest BCUT2D eigenvalue weighted by molar-refractivity contribution is 7.98. The minimum Gasteiger partial charge on any atom is -0.478 e. The lowest BCUT2D eigenvalue weighted by molar-refractivity contribution is 0.0697. The molecular formula is C11H11N3O3S. The van der Waals surface area contributed by atoms with Crippen LogP contribution in [0.2, 0.25) is 0 Å². The average molecular weight is 265 g/mol. The van der Waals surface area contributed by atoms with Gasteiger partial charge in [-0.1, -0.05) is 23.9 Å². The highest BCUT2D eigenvalue weighted by Gasteiger charge is 2.05. The quantitative estimate of drug-likeness (QED) is 0.808. The number of carboxylic acids is 1. The van der Waals surface area contributed by atoms with Crippen molar-refractivity contribution >= 4 is 17.7 Å². The summed E-state index contributed by atoms with van der Waals surface area (Å²) >= 11 is 1.41. The molecule has 0 unspecified atom stereocenters. The molecule has 0 atom stereocenters. The summed E-state index contributed by atoms with van der Waals surface area (Å²) in [5.74, 6) is -0.318. The fourth-order valence-electron chi connectivity index (χ4n) is 1.40. The van der Waals surface area contributed by atoms with Crippen LogP contribution >= 0.6 is 11.8 Å². The van der Waals surface area contributed by atoms with Gasteiger partial charge in [0.25, 0.3) is 0 Å². The molecule has 1 heterocycles. The Morgan fingerprint density at radius 3 is 2.61 bits per heavy atom. The number of thioether (sulfide) groups is 1. The van der Waals surface area contributed by atoms with E-state index in [-0.39, 0.29) is 11.3 Å². The highest BCUT2D eigenvalue weighted by Crippen LogP contribution is 2.19. The van der Waals surface area contributed by atoms with Gasteiger partial charge in [-0.15, -0.1) is 0 Å². The van der Waals surface area contributed by atoms with Gasteiger partial charge in [0.2, 0.25) is 0 Å². The van der Waals surface area contributed by atoms with E-state index in [0.29, 0.717) is 10.9 Å². The molecule has 18 heavy (non-hydrogen) atoms. The van der Waals surface area contributed by atoms with Gasteiger partial charge in [0.05, 0.1) is 5.56 Å². The summed E-state index contributed by atoms with van der Waals surface area (Å²) in [6.45, 7) is 0. The summed E-state index contributed by atoms with van der Waals surface area (Å²) in [4.78, 5) is 25.4. The summed E-state index contributed by atoms with van der Waals surface area (Å²) in [7, 11) is 1.71. The Labute approximate surface area is 107 Å². The van der Waals surface area contributed by atoms with E-state index in [0.717, 1.165) is 5.56 Å². The maximum atomic E-state index is 11.0. The molecule has 0 bridgehead atoms. The van der Waals surface area contributed by atoms with Gasteiger partial charge in [-0.25, -0.2) is 14.7 Å². The molecule has 1 aromatic heterocycles. The molecule has 6 nitrogen and oxygen atoms in total. The summed E-state index contributed by atoms with van der Waals surface area (Å²) in [6, 6.07) is 6.62. The Morgan fingerprint density at radius 2 is 2.11 bits per heavy atom. The van der Waals surface area contributed by atoms with Crippen molar-refractivity contribution in [1.82, 2.24) is 14.8 Å². The van der Waals surface area contributed by atoms with Crippen molar-refractivity contribution in [3.05, 3.63) is 45.9 Å². The van der Waals surface area contributed by atoms with Crippen molar-refractivity contribution in [1.29, 1.82) is 0 Å². The zero-order chi connectivity index (χ0) is 13.1. The van der Waals surface area contributed by atoms with E-state index >= 15 is 0 Å². The number of hydrogen-bond donors (Lipinski definition) is 2. The second-order valence-corrected chi connectivity index (χ2v) is 4.60. The van der Waals surface area contributed by atoms with E-state index in [1.807, 2.05) is 0 Å². The predicted octanol–water partition coefficient (Wildman–Crippen LogP) is 1.10. The van der Waals surface area contributed by atoms with Gasteiger partial charge < -0.3 is 5.11 Å². The Balaban J connectivity index is 2.04. The normalized spacial score (nSPS) is 10.5. The van der Waals surface area contributed by atoms with Crippen molar-refractivity contribution in [2.24, 2.45) is 7.05 Å². The molecule has 0 amide bonds. The van der Waals surface area contributed by atoms with Crippen molar-refractivity contribution in [3.8, 4) is 0 Å². The number of aromatic nitrogens is 3. The molecule has 2 rings (SSSR count). The Bertz CT molecular complexity index is 615. The first-order valence-corrected chi connectivity index (χ1v) is 6.13. The Hall–Kier alpha value is -2.02. The van der Waals surface area contributed by atoms with Crippen LogP contribution in [-0.2, 0) is 12.8 Å². The first kappa shape index (κ1) is 12.4. The van der Waals surface area contributed by atoms with Gasteiger partial charge in [0.15, 0.2) is 5.16 Å². The number of carboxylic acid groups (broad SMARTS) is 1. The zero-order valence-electron chi connectivity index (χ0n) is 9.58. The van der Waals surface area contributed by atoms with Gasteiger partial charge in [-0.2, -0.15) is 4.98 Å². The zero-order valence-corrected chi connectivity index (χ0v) is 10.4. The van der Waals surface area contributed by atoms with Crippen LogP contribution in [-0.4, -0.2) is 25.8 Å². The van der Waals surface area contributed by atoms with E-state index in [1.165, 1.54) is 11.8 Å². The lowest BCUT2D eigenvalue weighted by Gasteiger charge is -2.01. The number of aromatic carboxylic acids is 1. The van der Waals surface area contributed by atoms with E-state index in [9.17, 15) is 9.59 Å². The molecule has 0 aliphatic rings. The summed E-state index contributed by atoms with van der Waals surface area (Å²) in [5, 5.41) is 11.9. The second-order valence-electron chi connectivity index (χ2n) is 3.66. The van der Waals surface area contributed by atoms with Gasteiger partial charge >= 0.3 is 11.7 Å². The first-order valence-electron chi connectivity index (χ1n) is 5.14. The molecule has 1 aromatic carbocycles. The lowest BCUT2D eigenvalue weighted by atomic mass is 10.1. The molecule has 0 saturated heterocycles. The van der Waals surface area contributed by atoms with Crippen LogP contribution in [0, 0.1) is 0 Å². The van der Waals surface area contributed by atoms with Crippen LogP contribution in [0.25, 0.3) is 0 Å². The number of nitrogens with zero attached hydrogens (tertiary/aromatic N) is 2. The van der Waals surface area contributed by atoms with Crippen LogP contribution < -0.4 is 5.69 Å². The minimum atomic E-state index is -0.941. The molecule has 2 N–H and O–H groups in total. The molecule has 2 aromatic rings. The third-order valence-corrected chi connectivity index (χ3v) is 3.42. The second kappa shape index (κ2) is 5.09. The molecule has 94 valence electrons. The molecule has 0 spiro atoms. The number of aryl methyl sites for hydroxylation is 1. The van der Waals surface area contributed by atoms with Crippen molar-refractivity contribution in [2.45, 2.75) is 10.9 Å². The fraction of sp³-hybridized carbons (Fsp3) is 0.182. The maximum absolute atomic E-state index is 11.0. The largest absolute Gasteiger partial charge is 0.478 e. The van der Waals surface area contributed by atoms with Crippen molar-refractivity contribution in [3.63, 3.8) is 0 Å². The Kier molecular flexibility index (Phi) is 3.52. The van der Waals surface area contributed by atoms with Crippen LogP contribution in [0.5, 0.6) is 0 Å². The smallest absolute Gasteiger partial charge is 0.362 e. The molecule has 0 aliphatic carbocycles. The Morgan fingerprint density at radius 1 is 1.44 bits per heavy atom. The predicted molar refractivity (Wildman–Crippen MR) is 66.8 cm³/mol. The third-order valence-electron chi connectivity index (χ3n) is 2.32. The minimum absolute atomic E-state index is 0.260. The number of benzene rings is 1. The number of rotatable bonds is 4.